The van der Waals surface area contributed by atoms with Gasteiger partial charge in [0.15, 0.2) is 0 Å². The smallest absolute Gasteiger partial charge is 0.346 e. The largest absolute Gasteiger partial charge is 0.491 e. The van der Waals surface area contributed by atoms with E-state index in [1.54, 1.807) is 31.2 Å². The Hall–Kier alpha value is -2.06. The third kappa shape index (κ3) is 4.23. The highest BCUT2D eigenvalue weighted by atomic mass is 32.2. The van der Waals surface area contributed by atoms with Gasteiger partial charge in [0.05, 0.1) is 6.10 Å². The summed E-state index contributed by atoms with van der Waals surface area (Å²) < 4.78 is 32.5. The van der Waals surface area contributed by atoms with Crippen molar-refractivity contribution in [2.45, 2.75) is 31.1 Å². The molecule has 23 heavy (non-hydrogen) atoms. The van der Waals surface area contributed by atoms with Crippen molar-refractivity contribution in [1.29, 1.82) is 0 Å². The summed E-state index contributed by atoms with van der Waals surface area (Å²) in [6, 6.07) is 7.87. The van der Waals surface area contributed by atoms with E-state index in [9.17, 15) is 13.2 Å². The SMILES string of the molecule is Cc1cc(S(=O)(=O)Nc2ccc(OC(C)C)cc2)sc1C(=O)O. The van der Waals surface area contributed by atoms with Crippen LogP contribution in [0, 0.1) is 6.92 Å². The Kier molecular flexibility index (Phi) is 4.96. The number of aryl methyl sites for hydroxylation is 1. The quantitative estimate of drug-likeness (QED) is 0.829. The van der Waals surface area contributed by atoms with Crippen molar-refractivity contribution in [3.63, 3.8) is 0 Å². The van der Waals surface area contributed by atoms with Crippen molar-refractivity contribution >= 4 is 33.0 Å². The molecule has 0 amide bonds. The number of sulfonamides is 1. The van der Waals surface area contributed by atoms with Crippen molar-refractivity contribution < 1.29 is 23.1 Å². The third-order valence-electron chi connectivity index (χ3n) is 2.83. The first-order chi connectivity index (χ1) is 10.7. The molecule has 8 heteroatoms. The maximum absolute atomic E-state index is 12.3. The van der Waals surface area contributed by atoms with E-state index < -0.39 is 16.0 Å². The molecule has 0 aliphatic heterocycles. The predicted octanol–water partition coefficient (Wildman–Crippen LogP) is 3.34. The Morgan fingerprint density at radius 1 is 1.26 bits per heavy atom. The molecule has 0 radical (unpaired) electrons. The number of ether oxygens (including phenoxy) is 1. The second-order valence-corrected chi connectivity index (χ2v) is 8.14. The van der Waals surface area contributed by atoms with Crippen molar-refractivity contribution in [3.05, 3.63) is 40.8 Å². The zero-order valence-electron chi connectivity index (χ0n) is 12.9. The number of carboxylic acids is 1. The van der Waals surface area contributed by atoms with Gasteiger partial charge in [-0.25, -0.2) is 13.2 Å². The molecule has 124 valence electrons. The van der Waals surface area contributed by atoms with Gasteiger partial charge in [0.25, 0.3) is 10.0 Å². The van der Waals surface area contributed by atoms with Gasteiger partial charge in [0, 0.05) is 5.69 Å². The van der Waals surface area contributed by atoms with Crippen LogP contribution in [-0.2, 0) is 10.0 Å². The van der Waals surface area contributed by atoms with Crippen LogP contribution in [0.25, 0.3) is 0 Å². The number of rotatable bonds is 6. The van der Waals surface area contributed by atoms with E-state index >= 15 is 0 Å². The van der Waals surface area contributed by atoms with E-state index in [2.05, 4.69) is 4.72 Å². The number of thiophene rings is 1. The van der Waals surface area contributed by atoms with Crippen LogP contribution in [0.1, 0.15) is 29.1 Å². The molecule has 2 rings (SSSR count). The summed E-state index contributed by atoms with van der Waals surface area (Å²) in [7, 11) is -3.82. The number of aromatic carboxylic acids is 1. The first kappa shape index (κ1) is 17.3. The monoisotopic (exact) mass is 355 g/mol. The highest BCUT2D eigenvalue weighted by Gasteiger charge is 2.21. The summed E-state index contributed by atoms with van der Waals surface area (Å²) in [5.41, 5.74) is 0.799. The van der Waals surface area contributed by atoms with Crippen LogP contribution >= 0.6 is 11.3 Å². The second-order valence-electron chi connectivity index (χ2n) is 5.18. The van der Waals surface area contributed by atoms with Crippen LogP contribution in [0.3, 0.4) is 0 Å². The number of nitrogens with one attached hydrogen (secondary N) is 1. The average molecular weight is 355 g/mol. The summed E-state index contributed by atoms with van der Waals surface area (Å²) in [6.45, 7) is 5.36. The van der Waals surface area contributed by atoms with Crippen LogP contribution in [0.5, 0.6) is 5.75 Å². The zero-order chi connectivity index (χ0) is 17.2. The molecule has 0 fully saturated rings. The molecule has 0 saturated heterocycles. The van der Waals surface area contributed by atoms with E-state index in [0.29, 0.717) is 17.0 Å². The maximum atomic E-state index is 12.3. The van der Waals surface area contributed by atoms with E-state index in [-0.39, 0.29) is 15.2 Å². The highest BCUT2D eigenvalue weighted by Crippen LogP contribution is 2.28. The number of anilines is 1. The summed E-state index contributed by atoms with van der Waals surface area (Å²) in [5, 5.41) is 9.02. The van der Waals surface area contributed by atoms with Crippen LogP contribution in [0.15, 0.2) is 34.5 Å². The number of hydrogen-bond acceptors (Lipinski definition) is 5. The fourth-order valence-electron chi connectivity index (χ4n) is 1.88. The topological polar surface area (TPSA) is 92.7 Å². The van der Waals surface area contributed by atoms with Gasteiger partial charge < -0.3 is 9.84 Å². The minimum absolute atomic E-state index is 0.0195. The fraction of sp³-hybridized carbons (Fsp3) is 0.267. The van der Waals surface area contributed by atoms with Gasteiger partial charge in [-0.2, -0.15) is 0 Å². The van der Waals surface area contributed by atoms with Gasteiger partial charge in [-0.05, 0) is 56.7 Å². The fourth-order valence-corrected chi connectivity index (χ4v) is 4.31. The second kappa shape index (κ2) is 6.59. The summed E-state index contributed by atoms with van der Waals surface area (Å²) in [6.07, 6.45) is 0.0288. The molecule has 0 spiro atoms. The lowest BCUT2D eigenvalue weighted by Crippen LogP contribution is -2.11. The van der Waals surface area contributed by atoms with Gasteiger partial charge in [0.2, 0.25) is 0 Å². The van der Waals surface area contributed by atoms with Crippen molar-refractivity contribution in [2.75, 3.05) is 4.72 Å². The lowest BCUT2D eigenvalue weighted by atomic mass is 10.3. The molecule has 1 heterocycles. The Morgan fingerprint density at radius 2 is 1.87 bits per heavy atom. The molecule has 0 saturated carbocycles. The van der Waals surface area contributed by atoms with Gasteiger partial charge in [-0.15, -0.1) is 11.3 Å². The molecule has 6 nitrogen and oxygen atoms in total. The molecule has 0 unspecified atom stereocenters. The van der Waals surface area contributed by atoms with Crippen molar-refractivity contribution in [3.8, 4) is 5.75 Å². The molecule has 2 aromatic rings. The van der Waals surface area contributed by atoms with Gasteiger partial charge in [0.1, 0.15) is 14.8 Å². The van der Waals surface area contributed by atoms with Crippen LogP contribution in [0.4, 0.5) is 5.69 Å². The minimum atomic E-state index is -3.82. The van der Waals surface area contributed by atoms with E-state index in [4.69, 9.17) is 9.84 Å². The first-order valence-corrected chi connectivity index (χ1v) is 9.12. The van der Waals surface area contributed by atoms with Crippen LogP contribution in [0.2, 0.25) is 0 Å². The number of carbonyl (C=O) groups is 1. The Bertz CT molecular complexity index is 807. The first-order valence-electron chi connectivity index (χ1n) is 6.82. The molecular weight excluding hydrogens is 338 g/mol. The standard InChI is InChI=1S/C15H17NO5S2/c1-9(2)21-12-6-4-11(5-7-12)16-23(19,20)13-8-10(3)14(22-13)15(17)18/h4-9,16H,1-3H3,(H,17,18). The van der Waals surface area contributed by atoms with E-state index in [0.717, 1.165) is 11.3 Å². The van der Waals surface area contributed by atoms with Crippen molar-refractivity contribution in [2.24, 2.45) is 0 Å². The van der Waals surface area contributed by atoms with Gasteiger partial charge in [-0.3, -0.25) is 4.72 Å². The Morgan fingerprint density at radius 3 is 2.35 bits per heavy atom. The zero-order valence-corrected chi connectivity index (χ0v) is 14.5. The summed E-state index contributed by atoms with van der Waals surface area (Å²) in [5.74, 6) is -0.493. The summed E-state index contributed by atoms with van der Waals surface area (Å²) in [4.78, 5) is 11.0. The Labute approximate surface area is 138 Å². The number of hydrogen-bond donors (Lipinski definition) is 2. The average Bonchev–Trinajstić information content (AvgIpc) is 2.83. The molecule has 0 bridgehead atoms. The van der Waals surface area contributed by atoms with Crippen LogP contribution in [-0.4, -0.2) is 25.6 Å². The van der Waals surface area contributed by atoms with E-state index in [1.165, 1.54) is 6.07 Å². The summed E-state index contributed by atoms with van der Waals surface area (Å²) >= 11 is 0.731. The maximum Gasteiger partial charge on any atom is 0.346 e. The molecule has 0 aliphatic carbocycles. The van der Waals surface area contributed by atoms with Gasteiger partial charge in [-0.1, -0.05) is 0 Å². The lowest BCUT2D eigenvalue weighted by molar-refractivity contribution is 0.0701. The van der Waals surface area contributed by atoms with Crippen molar-refractivity contribution in [1.82, 2.24) is 0 Å². The molecule has 2 N–H and O–H groups in total. The number of carboxylic acid groups (broad SMARTS) is 1. The lowest BCUT2D eigenvalue weighted by Gasteiger charge is -2.11. The molecule has 1 aromatic carbocycles. The Balaban J connectivity index is 2.21. The normalized spacial score (nSPS) is 11.5. The van der Waals surface area contributed by atoms with E-state index in [1.807, 2.05) is 13.8 Å². The van der Waals surface area contributed by atoms with Gasteiger partial charge >= 0.3 is 5.97 Å². The molecule has 1 aromatic heterocycles. The highest BCUT2D eigenvalue weighted by molar-refractivity contribution is 7.94. The van der Waals surface area contributed by atoms with Crippen LogP contribution < -0.4 is 9.46 Å². The third-order valence-corrected chi connectivity index (χ3v) is 5.91. The molecule has 0 aliphatic rings. The molecule has 0 atom stereocenters. The molecular formula is C15H17NO5S2. The minimum Gasteiger partial charge on any atom is -0.491 e. The number of benzene rings is 1. The predicted molar refractivity (Wildman–Crippen MR) is 89.0 cm³/mol.